The van der Waals surface area contributed by atoms with Crippen molar-refractivity contribution < 1.29 is 8.95 Å². The largest absolute Gasteiger partial charge is 0.497 e. The van der Waals surface area contributed by atoms with Gasteiger partial charge in [0.1, 0.15) is 17.6 Å². The van der Waals surface area contributed by atoms with E-state index in [4.69, 9.17) is 10.1 Å². The van der Waals surface area contributed by atoms with Gasteiger partial charge >= 0.3 is 0 Å². The van der Waals surface area contributed by atoms with Crippen LogP contribution in [0.4, 0.5) is 11.4 Å². The van der Waals surface area contributed by atoms with Gasteiger partial charge in [-0.1, -0.05) is 48.5 Å². The van der Waals surface area contributed by atoms with E-state index in [9.17, 15) is 4.21 Å². The van der Waals surface area contributed by atoms with E-state index in [1.165, 1.54) is 0 Å². The Bertz CT molecular complexity index is 962. The molecular formula is C21H19N3O2S. The summed E-state index contributed by atoms with van der Waals surface area (Å²) in [7, 11) is 1.61. The molecule has 5 nitrogen and oxygen atoms in total. The van der Waals surface area contributed by atoms with Crippen LogP contribution in [0.3, 0.4) is 0 Å². The molecule has 0 radical (unpaired) electrons. The van der Waals surface area contributed by atoms with E-state index in [1.807, 2.05) is 84.9 Å². The Kier molecular flexibility index (Phi) is 4.64. The van der Waals surface area contributed by atoms with E-state index >= 15 is 0 Å². The maximum absolute atomic E-state index is 13.4. The van der Waals surface area contributed by atoms with Crippen LogP contribution in [0.5, 0.6) is 5.75 Å². The fourth-order valence-corrected chi connectivity index (χ4v) is 4.62. The van der Waals surface area contributed by atoms with E-state index in [0.29, 0.717) is 0 Å². The number of hydrogen-bond donors (Lipinski definition) is 1. The number of benzene rings is 3. The molecule has 3 aromatic rings. The lowest BCUT2D eigenvalue weighted by Gasteiger charge is -2.23. The van der Waals surface area contributed by atoms with E-state index in [0.717, 1.165) is 22.7 Å². The van der Waals surface area contributed by atoms with Crippen LogP contribution < -0.4 is 13.3 Å². The van der Waals surface area contributed by atoms with Gasteiger partial charge < -0.3 is 4.74 Å². The second-order valence-corrected chi connectivity index (χ2v) is 7.30. The molecule has 1 fully saturated rings. The van der Waals surface area contributed by atoms with Crippen molar-refractivity contribution >= 4 is 28.4 Å². The monoisotopic (exact) mass is 377 g/mol. The highest BCUT2D eigenvalue weighted by atomic mass is 32.2. The first-order chi connectivity index (χ1) is 13.2. The molecule has 1 aliphatic rings. The molecule has 136 valence electrons. The maximum atomic E-state index is 13.4. The average molecular weight is 377 g/mol. The van der Waals surface area contributed by atoms with E-state index in [1.54, 1.807) is 15.7 Å². The predicted octanol–water partition coefficient (Wildman–Crippen LogP) is 4.32. The molecule has 1 heterocycles. The van der Waals surface area contributed by atoms with Crippen molar-refractivity contribution in [1.82, 2.24) is 0 Å². The fraction of sp³-hybridized carbons (Fsp3) is 0.0952. The number of rotatable bonds is 4. The third-order valence-corrected chi connectivity index (χ3v) is 5.95. The first kappa shape index (κ1) is 17.3. The Labute approximate surface area is 161 Å². The molecule has 27 heavy (non-hydrogen) atoms. The standard InChI is InChI=1S/C21H19N3O2S/c1-26-19-14-12-18(13-15-19)23-20(16-8-4-2-5-9-16)21(22)24(27(23)25)17-10-6-3-7-11-17/h2-15,20,22H,1H3. The number of para-hydroxylation sites is 1. The molecule has 6 heteroatoms. The number of ether oxygens (including phenoxy) is 1. The van der Waals surface area contributed by atoms with Gasteiger partial charge in [0, 0.05) is 0 Å². The molecule has 0 amide bonds. The van der Waals surface area contributed by atoms with Crippen LogP contribution in [0.2, 0.25) is 0 Å². The first-order valence-corrected chi connectivity index (χ1v) is 9.61. The summed E-state index contributed by atoms with van der Waals surface area (Å²) in [5.74, 6) is 1.01. The average Bonchev–Trinajstić information content (AvgIpc) is 2.99. The lowest BCUT2D eigenvalue weighted by atomic mass is 10.0. The summed E-state index contributed by atoms with van der Waals surface area (Å²) in [5.41, 5.74) is 2.43. The molecule has 4 rings (SSSR count). The molecule has 2 unspecified atom stereocenters. The molecular weight excluding hydrogens is 358 g/mol. The van der Waals surface area contributed by atoms with Crippen LogP contribution in [-0.4, -0.2) is 17.2 Å². The van der Waals surface area contributed by atoms with Crippen molar-refractivity contribution in [3.63, 3.8) is 0 Å². The maximum Gasteiger partial charge on any atom is 0.232 e. The van der Waals surface area contributed by atoms with Crippen LogP contribution in [0.15, 0.2) is 84.9 Å². The number of methoxy groups -OCH3 is 1. The van der Waals surface area contributed by atoms with Crippen molar-refractivity contribution in [2.75, 3.05) is 15.7 Å². The van der Waals surface area contributed by atoms with Gasteiger partial charge in [0.25, 0.3) is 0 Å². The van der Waals surface area contributed by atoms with Gasteiger partial charge in [-0.2, -0.15) is 0 Å². The summed E-state index contributed by atoms with van der Waals surface area (Å²) in [6.07, 6.45) is 0. The highest BCUT2D eigenvalue weighted by molar-refractivity contribution is 7.89. The highest BCUT2D eigenvalue weighted by Crippen LogP contribution is 2.40. The molecule has 0 bridgehead atoms. The van der Waals surface area contributed by atoms with E-state index in [-0.39, 0.29) is 5.84 Å². The minimum atomic E-state index is -1.57. The van der Waals surface area contributed by atoms with Gasteiger partial charge in [0.2, 0.25) is 11.2 Å². The quantitative estimate of drug-likeness (QED) is 0.736. The van der Waals surface area contributed by atoms with Gasteiger partial charge in [-0.25, -0.2) is 8.51 Å². The van der Waals surface area contributed by atoms with Crippen LogP contribution in [0.1, 0.15) is 11.6 Å². The van der Waals surface area contributed by atoms with Gasteiger partial charge in [0.15, 0.2) is 0 Å². The van der Waals surface area contributed by atoms with Gasteiger partial charge in [-0.15, -0.1) is 0 Å². The molecule has 1 saturated heterocycles. The molecule has 3 aromatic carbocycles. The van der Waals surface area contributed by atoms with Crippen LogP contribution in [0.25, 0.3) is 0 Å². The smallest absolute Gasteiger partial charge is 0.232 e. The normalized spacial score (nSPS) is 19.4. The minimum Gasteiger partial charge on any atom is -0.497 e. The van der Waals surface area contributed by atoms with Gasteiger partial charge in [0.05, 0.1) is 18.5 Å². The molecule has 0 aromatic heterocycles. The summed E-state index contributed by atoms with van der Waals surface area (Å²) in [6.45, 7) is 0. The van der Waals surface area contributed by atoms with Crippen LogP contribution >= 0.6 is 0 Å². The summed E-state index contributed by atoms with van der Waals surface area (Å²) in [6, 6.07) is 26.1. The second kappa shape index (κ2) is 7.25. The van der Waals surface area contributed by atoms with E-state index in [2.05, 4.69) is 0 Å². The zero-order chi connectivity index (χ0) is 18.8. The van der Waals surface area contributed by atoms with Crippen molar-refractivity contribution in [2.45, 2.75) is 6.04 Å². The molecule has 2 atom stereocenters. The SMILES string of the molecule is COc1ccc(N2C(c3ccccc3)C(=N)N(c3ccccc3)S2=O)cc1. The van der Waals surface area contributed by atoms with Crippen molar-refractivity contribution in [1.29, 1.82) is 5.41 Å². The summed E-state index contributed by atoms with van der Waals surface area (Å²) >= 11 is -1.57. The fourth-order valence-electron chi connectivity index (χ4n) is 3.17. The van der Waals surface area contributed by atoms with E-state index < -0.39 is 17.2 Å². The number of hydrogen-bond acceptors (Lipinski definition) is 3. The molecule has 0 spiro atoms. The number of amidine groups is 1. The Balaban J connectivity index is 1.82. The van der Waals surface area contributed by atoms with Crippen LogP contribution in [0, 0.1) is 5.41 Å². The Morgan fingerprint density at radius 1 is 0.852 bits per heavy atom. The Morgan fingerprint density at radius 3 is 2.04 bits per heavy atom. The van der Waals surface area contributed by atoms with Crippen LogP contribution in [-0.2, 0) is 11.2 Å². The third-order valence-electron chi connectivity index (χ3n) is 4.47. The van der Waals surface area contributed by atoms with Crippen molar-refractivity contribution in [3.05, 3.63) is 90.5 Å². The lowest BCUT2D eigenvalue weighted by Crippen LogP contribution is -2.27. The summed E-state index contributed by atoms with van der Waals surface area (Å²) < 4.78 is 22.0. The second-order valence-electron chi connectivity index (χ2n) is 6.08. The first-order valence-electron chi connectivity index (χ1n) is 8.54. The predicted molar refractivity (Wildman–Crippen MR) is 109 cm³/mol. The third kappa shape index (κ3) is 3.08. The van der Waals surface area contributed by atoms with Gasteiger partial charge in [-0.05, 0) is 42.0 Å². The Hall–Kier alpha value is -3.12. The molecule has 1 N–H and O–H groups in total. The number of anilines is 2. The zero-order valence-corrected chi connectivity index (χ0v) is 15.6. The highest BCUT2D eigenvalue weighted by Gasteiger charge is 2.44. The minimum absolute atomic E-state index is 0.279. The molecule has 0 aliphatic carbocycles. The topological polar surface area (TPSA) is 56.6 Å². The van der Waals surface area contributed by atoms with Crippen molar-refractivity contribution in [3.8, 4) is 5.75 Å². The lowest BCUT2D eigenvalue weighted by molar-refractivity contribution is 0.415. The van der Waals surface area contributed by atoms with Crippen molar-refractivity contribution in [2.24, 2.45) is 0 Å². The Morgan fingerprint density at radius 2 is 1.44 bits per heavy atom. The number of nitrogens with zero attached hydrogens (tertiary/aromatic N) is 2. The number of nitrogens with one attached hydrogen (secondary N) is 1. The summed E-state index contributed by atoms with van der Waals surface area (Å²) in [4.78, 5) is 0. The van der Waals surface area contributed by atoms with Gasteiger partial charge in [-0.3, -0.25) is 9.71 Å². The summed E-state index contributed by atoms with van der Waals surface area (Å²) in [5, 5.41) is 8.79. The molecule has 0 saturated carbocycles. The zero-order valence-electron chi connectivity index (χ0n) is 14.8. The molecule has 1 aliphatic heterocycles.